The number of nitrogens with one attached hydrogen (secondary N) is 1. The van der Waals surface area contributed by atoms with E-state index in [1.165, 1.54) is 6.20 Å². The summed E-state index contributed by atoms with van der Waals surface area (Å²) < 4.78 is 42.8. The first kappa shape index (κ1) is 19.5. The Balaban J connectivity index is 1.72. The standard InChI is InChI=1S/C25H31N3O4Si/c1-25(2,3)33(19-11-7-5-8-12-19,20-13-9-6-10-14-20)32-23-17-30-16-22(23)31-24-21(26-18-29)15-28(4)27-24/h5-15,18,22-23H,16-17H2,1-4H3,(H,26,29)/t22-,23-/m1/s1/i4D3. The van der Waals surface area contributed by atoms with Crippen LogP contribution in [0.25, 0.3) is 0 Å². The van der Waals surface area contributed by atoms with E-state index in [1.807, 2.05) is 36.4 Å². The Labute approximate surface area is 200 Å². The summed E-state index contributed by atoms with van der Waals surface area (Å²) in [5.74, 6) is 0.00442. The summed E-state index contributed by atoms with van der Waals surface area (Å²) in [6, 6.07) is 20.5. The molecule has 2 heterocycles. The summed E-state index contributed by atoms with van der Waals surface area (Å²) in [7, 11) is -2.87. The van der Waals surface area contributed by atoms with Gasteiger partial charge >= 0.3 is 0 Å². The number of hydrogen-bond acceptors (Lipinski definition) is 5. The van der Waals surface area contributed by atoms with Gasteiger partial charge in [0.15, 0.2) is 6.10 Å². The minimum atomic E-state index is -2.87. The molecular weight excluding hydrogens is 434 g/mol. The summed E-state index contributed by atoms with van der Waals surface area (Å²) in [4.78, 5) is 11.1. The van der Waals surface area contributed by atoms with Crippen molar-refractivity contribution in [1.29, 1.82) is 0 Å². The number of amides is 1. The summed E-state index contributed by atoms with van der Waals surface area (Å²) >= 11 is 0. The van der Waals surface area contributed by atoms with Crippen LogP contribution in [0.1, 0.15) is 24.9 Å². The molecule has 1 amide bonds. The van der Waals surface area contributed by atoms with Crippen LogP contribution in [-0.4, -0.2) is 49.9 Å². The zero-order valence-electron chi connectivity index (χ0n) is 22.0. The lowest BCUT2D eigenvalue weighted by Gasteiger charge is -2.45. The molecule has 0 aliphatic carbocycles. The highest BCUT2D eigenvalue weighted by atomic mass is 28.4. The summed E-state index contributed by atoms with van der Waals surface area (Å²) in [6.07, 6.45) is 0.678. The third-order valence-corrected chi connectivity index (χ3v) is 10.9. The maximum atomic E-state index is 11.1. The number of anilines is 1. The fraction of sp³-hybridized carbons (Fsp3) is 0.360. The molecule has 33 heavy (non-hydrogen) atoms. The molecule has 0 radical (unpaired) electrons. The molecule has 1 fully saturated rings. The van der Waals surface area contributed by atoms with Gasteiger partial charge in [-0.3, -0.25) is 9.48 Å². The Hall–Kier alpha value is -2.94. The molecule has 0 unspecified atom stereocenters. The molecular formula is C25H31N3O4Si. The van der Waals surface area contributed by atoms with E-state index in [0.29, 0.717) is 13.0 Å². The lowest BCUT2D eigenvalue weighted by Crippen LogP contribution is -2.68. The van der Waals surface area contributed by atoms with Gasteiger partial charge in [-0.15, -0.1) is 5.10 Å². The van der Waals surface area contributed by atoms with Crippen molar-refractivity contribution in [1.82, 2.24) is 9.78 Å². The summed E-state index contributed by atoms with van der Waals surface area (Å²) in [6.45, 7) is 4.60. The summed E-state index contributed by atoms with van der Waals surface area (Å²) in [5.41, 5.74) is 0.164. The van der Waals surface area contributed by atoms with Crippen molar-refractivity contribution in [2.24, 2.45) is 6.98 Å². The predicted molar refractivity (Wildman–Crippen MR) is 131 cm³/mol. The quantitative estimate of drug-likeness (QED) is 0.406. The van der Waals surface area contributed by atoms with Crippen molar-refractivity contribution in [3.8, 4) is 5.88 Å². The Morgan fingerprint density at radius 3 is 2.24 bits per heavy atom. The fourth-order valence-corrected chi connectivity index (χ4v) is 9.09. The predicted octanol–water partition coefficient (Wildman–Crippen LogP) is 2.71. The van der Waals surface area contributed by atoms with Gasteiger partial charge in [0, 0.05) is 11.1 Å². The van der Waals surface area contributed by atoms with Crippen LogP contribution in [0.5, 0.6) is 5.88 Å². The number of nitrogens with zero attached hydrogens (tertiary/aromatic N) is 2. The van der Waals surface area contributed by atoms with E-state index in [4.69, 9.17) is 18.0 Å². The lowest BCUT2D eigenvalue weighted by atomic mass is 10.2. The zero-order valence-corrected chi connectivity index (χ0v) is 20.0. The minimum Gasteiger partial charge on any atom is -0.467 e. The third-order valence-electron chi connectivity index (χ3n) is 5.88. The average molecular weight is 469 g/mol. The van der Waals surface area contributed by atoms with E-state index in [-0.39, 0.29) is 23.2 Å². The summed E-state index contributed by atoms with van der Waals surface area (Å²) in [5, 5.41) is 8.56. The van der Waals surface area contributed by atoms with Crippen LogP contribution in [0.2, 0.25) is 5.04 Å². The maximum absolute atomic E-state index is 11.1. The minimum absolute atomic E-state index is 0.00442. The van der Waals surface area contributed by atoms with Crippen LogP contribution in [-0.2, 0) is 20.9 Å². The highest BCUT2D eigenvalue weighted by Crippen LogP contribution is 2.39. The molecule has 2 atom stereocenters. The molecule has 8 heteroatoms. The normalized spacial score (nSPS) is 20.5. The van der Waals surface area contributed by atoms with E-state index in [9.17, 15) is 4.79 Å². The van der Waals surface area contributed by atoms with Gasteiger partial charge < -0.3 is 19.2 Å². The molecule has 1 N–H and O–H groups in total. The van der Waals surface area contributed by atoms with E-state index in [0.717, 1.165) is 15.1 Å². The zero-order chi connectivity index (χ0) is 26.0. The molecule has 3 aromatic rings. The first-order chi connectivity index (χ1) is 17.1. The number of ether oxygens (including phenoxy) is 2. The highest BCUT2D eigenvalue weighted by Gasteiger charge is 2.53. The molecule has 174 valence electrons. The van der Waals surface area contributed by atoms with Crippen LogP contribution in [0, 0.1) is 0 Å². The fourth-order valence-electron chi connectivity index (χ4n) is 4.40. The van der Waals surface area contributed by atoms with Gasteiger partial charge in [0.05, 0.1) is 19.4 Å². The van der Waals surface area contributed by atoms with Gasteiger partial charge in [-0.05, 0) is 15.4 Å². The molecule has 0 spiro atoms. The lowest BCUT2D eigenvalue weighted by molar-refractivity contribution is -0.105. The maximum Gasteiger partial charge on any atom is 0.261 e. The molecule has 2 aromatic carbocycles. The largest absolute Gasteiger partial charge is 0.467 e. The van der Waals surface area contributed by atoms with Crippen molar-refractivity contribution in [3.63, 3.8) is 0 Å². The molecule has 0 saturated carbocycles. The second kappa shape index (κ2) is 9.50. The monoisotopic (exact) mass is 468 g/mol. The molecule has 4 rings (SSSR count). The van der Waals surface area contributed by atoms with Crippen LogP contribution in [0.4, 0.5) is 5.69 Å². The molecule has 0 bridgehead atoms. The topological polar surface area (TPSA) is 74.6 Å². The number of hydrogen-bond donors (Lipinski definition) is 1. The highest BCUT2D eigenvalue weighted by molar-refractivity contribution is 6.99. The van der Waals surface area contributed by atoms with E-state index >= 15 is 0 Å². The van der Waals surface area contributed by atoms with Crippen molar-refractivity contribution in [2.75, 3.05) is 18.5 Å². The second-order valence-electron chi connectivity index (χ2n) is 9.07. The number of aromatic nitrogens is 2. The average Bonchev–Trinajstić information content (AvgIpc) is 3.45. The van der Waals surface area contributed by atoms with Crippen molar-refractivity contribution in [3.05, 3.63) is 66.9 Å². The van der Waals surface area contributed by atoms with E-state index < -0.39 is 27.5 Å². The van der Waals surface area contributed by atoms with Gasteiger partial charge in [0.2, 0.25) is 6.41 Å². The van der Waals surface area contributed by atoms with Gasteiger partial charge in [-0.25, -0.2) is 0 Å². The first-order valence-electron chi connectivity index (χ1n) is 12.4. The van der Waals surface area contributed by atoms with Crippen LogP contribution < -0.4 is 20.4 Å². The van der Waals surface area contributed by atoms with Gasteiger partial charge in [0.25, 0.3) is 14.2 Å². The van der Waals surface area contributed by atoms with Crippen molar-refractivity contribution in [2.45, 2.75) is 38.0 Å². The Morgan fingerprint density at radius 2 is 1.70 bits per heavy atom. The number of aryl methyl sites for hydroxylation is 1. The van der Waals surface area contributed by atoms with Crippen LogP contribution >= 0.6 is 0 Å². The first-order valence-corrected chi connectivity index (χ1v) is 12.8. The number of rotatable bonds is 8. The van der Waals surface area contributed by atoms with Crippen molar-refractivity contribution < 1.29 is 22.8 Å². The van der Waals surface area contributed by atoms with Crippen LogP contribution in [0.3, 0.4) is 0 Å². The Kier molecular flexibility index (Phi) is 5.62. The number of benzene rings is 2. The number of carbonyl (C=O) groups is 1. The van der Waals surface area contributed by atoms with E-state index in [2.05, 4.69) is 55.5 Å². The molecule has 1 aromatic heterocycles. The smallest absolute Gasteiger partial charge is 0.261 e. The molecule has 1 aliphatic heterocycles. The Bertz CT molecular complexity index is 1130. The van der Waals surface area contributed by atoms with Gasteiger partial charge in [-0.1, -0.05) is 81.4 Å². The third kappa shape index (κ3) is 4.59. The van der Waals surface area contributed by atoms with Crippen LogP contribution in [0.15, 0.2) is 66.9 Å². The SMILES string of the molecule is [2H]C([2H])([2H])n1cc(NC=O)c(O[C@@H]2COC[C@H]2O[Si](c2ccccc2)(c2ccccc2)C(C)(C)C)n1. The second-order valence-corrected chi connectivity index (χ2v) is 13.3. The van der Waals surface area contributed by atoms with Gasteiger partial charge in [0.1, 0.15) is 11.8 Å². The Morgan fingerprint density at radius 1 is 1.09 bits per heavy atom. The van der Waals surface area contributed by atoms with Crippen molar-refractivity contribution >= 4 is 30.8 Å². The van der Waals surface area contributed by atoms with Gasteiger partial charge in [-0.2, -0.15) is 0 Å². The molecule has 7 nitrogen and oxygen atoms in total. The molecule has 1 saturated heterocycles. The molecule has 1 aliphatic rings. The number of carbonyl (C=O) groups excluding carboxylic acids is 1. The van der Waals surface area contributed by atoms with E-state index in [1.54, 1.807) is 0 Å².